The van der Waals surface area contributed by atoms with Gasteiger partial charge in [-0.25, -0.2) is 4.79 Å². The van der Waals surface area contributed by atoms with Gasteiger partial charge in [-0.15, -0.1) is 23.2 Å². The molecule has 2 aliphatic rings. The molecule has 1 saturated carbocycles. The van der Waals surface area contributed by atoms with Gasteiger partial charge in [0.15, 0.2) is 5.78 Å². The molecule has 1 aliphatic heterocycles. The number of hydrogen-bond acceptors (Lipinski definition) is 3. The molecule has 1 N–H and O–H groups in total. The number of fused-ring (bicyclic) bond motifs is 1. The molecule has 4 unspecified atom stereocenters. The van der Waals surface area contributed by atoms with E-state index in [1.807, 2.05) is 0 Å². The van der Waals surface area contributed by atoms with E-state index in [1.165, 1.54) is 0 Å². The van der Waals surface area contributed by atoms with Gasteiger partial charge in [0.1, 0.15) is 17.9 Å². The molecule has 0 spiro atoms. The fourth-order valence-corrected chi connectivity index (χ4v) is 3.06. The first-order valence-electron chi connectivity index (χ1n) is 4.92. The number of alkyl halides is 2. The minimum atomic E-state index is -1.27. The molecule has 0 radical (unpaired) electrons. The highest BCUT2D eigenvalue weighted by molar-refractivity contribution is 6.25. The molecule has 0 aromatic carbocycles. The molecule has 4 atom stereocenters. The third-order valence-corrected chi connectivity index (χ3v) is 3.70. The maximum absolute atomic E-state index is 11.8. The van der Waals surface area contributed by atoms with Crippen molar-refractivity contribution in [2.24, 2.45) is 5.92 Å². The zero-order chi connectivity index (χ0) is 11.9. The molecular formula is C10H10Cl2O4. The van der Waals surface area contributed by atoms with E-state index in [0.29, 0.717) is 12.8 Å². The average molecular weight is 265 g/mol. The summed E-state index contributed by atoms with van der Waals surface area (Å²) in [5.41, 5.74) is -0.323. The summed E-state index contributed by atoms with van der Waals surface area (Å²) < 4.78 is 5.23. The highest BCUT2D eigenvalue weighted by Crippen LogP contribution is 2.37. The van der Waals surface area contributed by atoms with E-state index in [1.54, 1.807) is 0 Å². The van der Waals surface area contributed by atoms with E-state index >= 15 is 0 Å². The molecule has 4 nitrogen and oxygen atoms in total. The van der Waals surface area contributed by atoms with E-state index < -0.39 is 23.8 Å². The van der Waals surface area contributed by atoms with Gasteiger partial charge >= 0.3 is 5.97 Å². The maximum atomic E-state index is 11.8. The van der Waals surface area contributed by atoms with Crippen LogP contribution in [0.4, 0.5) is 0 Å². The lowest BCUT2D eigenvalue weighted by molar-refractivity contribution is -0.138. The molecule has 0 aromatic heterocycles. The Bertz CT molecular complexity index is 366. The van der Waals surface area contributed by atoms with Crippen LogP contribution in [0.15, 0.2) is 11.8 Å². The minimum Gasteiger partial charge on any atom is -0.495 e. The Morgan fingerprint density at radius 3 is 2.75 bits per heavy atom. The number of ether oxygens (including phenoxy) is 1. The Hall–Kier alpha value is -0.740. The van der Waals surface area contributed by atoms with Gasteiger partial charge in [-0.2, -0.15) is 0 Å². The van der Waals surface area contributed by atoms with Crippen molar-refractivity contribution in [1.82, 2.24) is 0 Å². The smallest absolute Gasteiger partial charge is 0.342 e. The van der Waals surface area contributed by atoms with Crippen LogP contribution in [0.25, 0.3) is 0 Å². The summed E-state index contributed by atoms with van der Waals surface area (Å²) in [5, 5.41) is 8.24. The van der Waals surface area contributed by atoms with Crippen LogP contribution in [-0.2, 0) is 14.3 Å². The summed E-state index contributed by atoms with van der Waals surface area (Å²) in [7, 11) is 0. The van der Waals surface area contributed by atoms with Crippen molar-refractivity contribution < 1.29 is 19.4 Å². The molecule has 0 bridgehead atoms. The predicted octanol–water partition coefficient (Wildman–Crippen LogP) is 1.55. The van der Waals surface area contributed by atoms with Crippen molar-refractivity contribution in [2.75, 3.05) is 0 Å². The fourth-order valence-electron chi connectivity index (χ4n) is 2.13. The van der Waals surface area contributed by atoms with Crippen LogP contribution in [0.3, 0.4) is 0 Å². The topological polar surface area (TPSA) is 63.6 Å². The first kappa shape index (κ1) is 11.7. The van der Waals surface area contributed by atoms with E-state index in [-0.39, 0.29) is 16.3 Å². The molecule has 0 aromatic rings. The zero-order valence-corrected chi connectivity index (χ0v) is 9.74. The van der Waals surface area contributed by atoms with Crippen LogP contribution >= 0.6 is 23.2 Å². The largest absolute Gasteiger partial charge is 0.495 e. The number of carbonyl (C=O) groups excluding carboxylic acids is 1. The average Bonchev–Trinajstić information content (AvgIpc) is 2.19. The van der Waals surface area contributed by atoms with Gasteiger partial charge < -0.3 is 9.84 Å². The van der Waals surface area contributed by atoms with Gasteiger partial charge in [-0.05, 0) is 12.8 Å². The number of carboxylic acids is 1. The standard InChI is InChI=1S/C10H10Cl2O4/c11-4-1-5-8(13)6(10(14)15)3-16-9(5)7(12)2-4/h3-5,7,9H,1-2H2,(H,14,15). The van der Waals surface area contributed by atoms with E-state index in [4.69, 9.17) is 33.0 Å². The number of carboxylic acid groups (broad SMARTS) is 1. The van der Waals surface area contributed by atoms with Crippen LogP contribution in [0.2, 0.25) is 0 Å². The summed E-state index contributed by atoms with van der Waals surface area (Å²) in [6.07, 6.45) is 1.52. The number of ketones is 1. The maximum Gasteiger partial charge on any atom is 0.342 e. The lowest BCUT2D eigenvalue weighted by Gasteiger charge is -2.38. The number of carbonyl (C=O) groups is 2. The van der Waals surface area contributed by atoms with Crippen molar-refractivity contribution in [1.29, 1.82) is 0 Å². The Balaban J connectivity index is 2.26. The van der Waals surface area contributed by atoms with Crippen molar-refractivity contribution in [2.45, 2.75) is 29.7 Å². The van der Waals surface area contributed by atoms with Crippen molar-refractivity contribution in [3.63, 3.8) is 0 Å². The predicted molar refractivity (Wildman–Crippen MR) is 57.6 cm³/mol. The Labute approximate surface area is 102 Å². The van der Waals surface area contributed by atoms with Gasteiger partial charge in [0.05, 0.1) is 11.3 Å². The summed E-state index contributed by atoms with van der Waals surface area (Å²) in [4.78, 5) is 22.6. The lowest BCUT2D eigenvalue weighted by atomic mass is 9.79. The van der Waals surface area contributed by atoms with E-state index in [0.717, 1.165) is 6.26 Å². The second kappa shape index (κ2) is 4.26. The Morgan fingerprint density at radius 1 is 1.44 bits per heavy atom. The third-order valence-electron chi connectivity index (χ3n) is 2.92. The van der Waals surface area contributed by atoms with Crippen LogP contribution < -0.4 is 0 Å². The number of halogens is 2. The molecule has 2 rings (SSSR count). The van der Waals surface area contributed by atoms with Crippen LogP contribution in [-0.4, -0.2) is 33.7 Å². The third kappa shape index (κ3) is 1.92. The van der Waals surface area contributed by atoms with Crippen LogP contribution in [0, 0.1) is 5.92 Å². The fraction of sp³-hybridized carbons (Fsp3) is 0.600. The molecule has 1 fully saturated rings. The summed E-state index contributed by atoms with van der Waals surface area (Å²) in [5.74, 6) is -2.24. The SMILES string of the molecule is O=C(O)C1=COC2C(Cl)CC(Cl)CC2C1=O. The monoisotopic (exact) mass is 264 g/mol. The van der Waals surface area contributed by atoms with Gasteiger partial charge in [-0.3, -0.25) is 4.79 Å². The zero-order valence-electron chi connectivity index (χ0n) is 8.23. The lowest BCUT2D eigenvalue weighted by Crippen LogP contribution is -2.47. The van der Waals surface area contributed by atoms with Crippen molar-refractivity contribution in [3.05, 3.63) is 11.8 Å². The normalized spacial score (nSPS) is 38.4. The second-order valence-electron chi connectivity index (χ2n) is 3.99. The van der Waals surface area contributed by atoms with Crippen LogP contribution in [0.1, 0.15) is 12.8 Å². The summed E-state index contributed by atoms with van der Waals surface area (Å²) in [6.45, 7) is 0. The minimum absolute atomic E-state index is 0.204. The molecule has 6 heteroatoms. The van der Waals surface area contributed by atoms with Gasteiger partial charge in [0, 0.05) is 5.38 Å². The molecule has 1 heterocycles. The van der Waals surface area contributed by atoms with Crippen LogP contribution in [0.5, 0.6) is 0 Å². The highest BCUT2D eigenvalue weighted by atomic mass is 35.5. The number of Topliss-reactive ketones (excluding diaryl/α,β-unsaturated/α-hetero) is 1. The molecule has 88 valence electrons. The van der Waals surface area contributed by atoms with Crippen molar-refractivity contribution >= 4 is 35.0 Å². The quantitative estimate of drug-likeness (QED) is 0.577. The Morgan fingerprint density at radius 2 is 2.12 bits per heavy atom. The summed E-state index contributed by atoms with van der Waals surface area (Å²) in [6, 6.07) is 0. The molecule has 16 heavy (non-hydrogen) atoms. The molecule has 1 aliphatic carbocycles. The first-order chi connectivity index (χ1) is 7.50. The molecule has 0 amide bonds. The number of rotatable bonds is 1. The number of aliphatic carboxylic acids is 1. The van der Waals surface area contributed by atoms with Crippen molar-refractivity contribution in [3.8, 4) is 0 Å². The Kier molecular flexibility index (Phi) is 3.13. The van der Waals surface area contributed by atoms with Gasteiger partial charge in [0.2, 0.25) is 0 Å². The van der Waals surface area contributed by atoms with E-state index in [2.05, 4.69) is 0 Å². The van der Waals surface area contributed by atoms with Gasteiger partial charge in [0.25, 0.3) is 0 Å². The first-order valence-corrected chi connectivity index (χ1v) is 5.79. The second-order valence-corrected chi connectivity index (χ2v) is 5.17. The van der Waals surface area contributed by atoms with E-state index in [9.17, 15) is 9.59 Å². The molecule has 0 saturated heterocycles. The number of hydrogen-bond donors (Lipinski definition) is 1. The summed E-state index contributed by atoms with van der Waals surface area (Å²) >= 11 is 12.0. The highest BCUT2D eigenvalue weighted by Gasteiger charge is 2.45. The molecular weight excluding hydrogens is 255 g/mol. The van der Waals surface area contributed by atoms with Gasteiger partial charge in [-0.1, -0.05) is 0 Å².